The second-order valence-electron chi connectivity index (χ2n) is 2.12. The Labute approximate surface area is 71.4 Å². The summed E-state index contributed by atoms with van der Waals surface area (Å²) in [6.45, 7) is 0. The van der Waals surface area contributed by atoms with Crippen LogP contribution in [-0.2, 0) is 0 Å². The van der Waals surface area contributed by atoms with Crippen LogP contribution < -0.4 is 5.73 Å². The molecule has 0 aliphatic heterocycles. The van der Waals surface area contributed by atoms with E-state index in [1.54, 1.807) is 6.20 Å². The van der Waals surface area contributed by atoms with Gasteiger partial charge in [-0.1, -0.05) is 0 Å². The highest BCUT2D eigenvalue weighted by atomic mass is 79.9. The molecule has 2 aromatic heterocycles. The Bertz CT molecular complexity index is 358. The van der Waals surface area contributed by atoms with E-state index < -0.39 is 0 Å². The smallest absolute Gasteiger partial charge is 0.172 e. The average Bonchev–Trinajstić information content (AvgIpc) is 2.30. The van der Waals surface area contributed by atoms with Crippen molar-refractivity contribution < 1.29 is 0 Å². The Morgan fingerprint density at radius 2 is 2.36 bits per heavy atom. The summed E-state index contributed by atoms with van der Waals surface area (Å²) < 4.78 is 1.48. The van der Waals surface area contributed by atoms with Crippen LogP contribution in [0.3, 0.4) is 0 Å². The first-order valence-corrected chi connectivity index (χ1v) is 3.75. The van der Waals surface area contributed by atoms with Crippen molar-refractivity contribution in [3.05, 3.63) is 18.3 Å². The highest BCUT2D eigenvalue weighted by Crippen LogP contribution is 2.18. The van der Waals surface area contributed by atoms with Crippen molar-refractivity contribution in [3.8, 4) is 0 Å². The first-order valence-electron chi connectivity index (χ1n) is 3.04. The molecule has 0 atom stereocenters. The molecule has 0 bridgehead atoms. The number of nitrogens with two attached hydrogens (primary N) is 1. The number of hydrogen-bond donors (Lipinski definition) is 1. The van der Waals surface area contributed by atoms with Crippen LogP contribution in [0.1, 0.15) is 0 Å². The van der Waals surface area contributed by atoms with Gasteiger partial charge in [-0.05, 0) is 12.1 Å². The predicted octanol–water partition coefficient (Wildman–Crippen LogP) is 1.17. The minimum absolute atomic E-state index is 0.491. The van der Waals surface area contributed by atoms with E-state index in [1.807, 2.05) is 12.1 Å². The number of nitrogen functional groups attached to an aromatic ring is 1. The van der Waals surface area contributed by atoms with E-state index >= 15 is 0 Å². The van der Waals surface area contributed by atoms with Gasteiger partial charge in [0.25, 0.3) is 0 Å². The van der Waals surface area contributed by atoms with Crippen LogP contribution in [0.4, 0.5) is 5.82 Å². The van der Waals surface area contributed by atoms with Crippen molar-refractivity contribution in [1.29, 1.82) is 0 Å². The Kier molecular flexibility index (Phi) is 1.32. The molecule has 4 nitrogen and oxygen atoms in total. The molecule has 0 amide bonds. The summed E-state index contributed by atoms with van der Waals surface area (Å²) in [6, 6.07) is 3.70. The fourth-order valence-corrected chi connectivity index (χ4v) is 1.39. The molecule has 5 heteroatoms. The molecule has 0 aromatic carbocycles. The second kappa shape index (κ2) is 2.20. The summed E-state index contributed by atoms with van der Waals surface area (Å²) >= 11 is 3.18. The standard InChI is InChI=1S/C6H5BrN4/c7-11-6-4(5(8)10-11)2-1-3-9-6/h1-3H,(H2,8,10). The average molecular weight is 213 g/mol. The van der Waals surface area contributed by atoms with Crippen LogP contribution >= 0.6 is 16.1 Å². The van der Waals surface area contributed by atoms with E-state index in [0.29, 0.717) is 5.82 Å². The minimum atomic E-state index is 0.491. The summed E-state index contributed by atoms with van der Waals surface area (Å²) in [4.78, 5) is 4.08. The maximum atomic E-state index is 5.58. The van der Waals surface area contributed by atoms with Gasteiger partial charge in [-0.2, -0.15) is 3.71 Å². The summed E-state index contributed by atoms with van der Waals surface area (Å²) in [5.41, 5.74) is 6.32. The fourth-order valence-electron chi connectivity index (χ4n) is 0.940. The first kappa shape index (κ1) is 6.60. The Balaban J connectivity index is 2.95. The third kappa shape index (κ3) is 0.883. The van der Waals surface area contributed by atoms with E-state index in [2.05, 4.69) is 26.2 Å². The van der Waals surface area contributed by atoms with E-state index in [-0.39, 0.29) is 0 Å². The number of rotatable bonds is 0. The van der Waals surface area contributed by atoms with Gasteiger partial charge < -0.3 is 5.73 Å². The molecule has 2 rings (SSSR count). The molecular formula is C6H5BrN4. The van der Waals surface area contributed by atoms with Crippen molar-refractivity contribution in [2.45, 2.75) is 0 Å². The van der Waals surface area contributed by atoms with E-state index in [1.165, 1.54) is 3.71 Å². The van der Waals surface area contributed by atoms with Crippen molar-refractivity contribution in [2.24, 2.45) is 0 Å². The molecule has 0 fully saturated rings. The Morgan fingerprint density at radius 1 is 1.55 bits per heavy atom. The minimum Gasteiger partial charge on any atom is -0.382 e. The van der Waals surface area contributed by atoms with Crippen LogP contribution in [0.2, 0.25) is 0 Å². The molecule has 0 saturated heterocycles. The topological polar surface area (TPSA) is 56.7 Å². The van der Waals surface area contributed by atoms with Crippen LogP contribution in [-0.4, -0.2) is 13.8 Å². The lowest BCUT2D eigenvalue weighted by Crippen LogP contribution is -1.85. The molecule has 0 aliphatic rings. The molecule has 0 spiro atoms. The molecule has 0 unspecified atom stereocenters. The SMILES string of the molecule is Nc1nn(Br)c2ncccc12. The predicted molar refractivity (Wildman–Crippen MR) is 46.3 cm³/mol. The molecule has 2 heterocycles. The van der Waals surface area contributed by atoms with Gasteiger partial charge in [0.1, 0.15) is 0 Å². The molecule has 11 heavy (non-hydrogen) atoms. The van der Waals surface area contributed by atoms with Crippen molar-refractivity contribution in [1.82, 2.24) is 13.8 Å². The molecule has 2 aromatic rings. The van der Waals surface area contributed by atoms with Crippen LogP contribution in [0.15, 0.2) is 18.3 Å². The number of halogens is 1. The van der Waals surface area contributed by atoms with E-state index in [4.69, 9.17) is 5.73 Å². The van der Waals surface area contributed by atoms with E-state index in [9.17, 15) is 0 Å². The van der Waals surface area contributed by atoms with Gasteiger partial charge in [0, 0.05) is 6.20 Å². The van der Waals surface area contributed by atoms with Crippen LogP contribution in [0.5, 0.6) is 0 Å². The lowest BCUT2D eigenvalue weighted by Gasteiger charge is -1.86. The van der Waals surface area contributed by atoms with Gasteiger partial charge in [-0.3, -0.25) is 0 Å². The largest absolute Gasteiger partial charge is 0.382 e. The Hall–Kier alpha value is -1.10. The number of aromatic nitrogens is 3. The fraction of sp³-hybridized carbons (Fsp3) is 0. The second-order valence-corrected chi connectivity index (χ2v) is 2.79. The molecule has 0 radical (unpaired) electrons. The lowest BCUT2D eigenvalue weighted by molar-refractivity contribution is 1.05. The number of pyridine rings is 1. The summed E-state index contributed by atoms with van der Waals surface area (Å²) in [5, 5.41) is 4.80. The van der Waals surface area contributed by atoms with Gasteiger partial charge in [-0.15, -0.1) is 5.10 Å². The summed E-state index contributed by atoms with van der Waals surface area (Å²) in [7, 11) is 0. The van der Waals surface area contributed by atoms with Gasteiger partial charge >= 0.3 is 0 Å². The maximum Gasteiger partial charge on any atom is 0.172 e. The zero-order valence-corrected chi connectivity index (χ0v) is 7.12. The highest BCUT2D eigenvalue weighted by molar-refractivity contribution is 9.08. The van der Waals surface area contributed by atoms with Crippen LogP contribution in [0, 0.1) is 0 Å². The lowest BCUT2D eigenvalue weighted by atomic mass is 10.3. The third-order valence-electron chi connectivity index (χ3n) is 1.43. The number of nitrogens with zero attached hydrogens (tertiary/aromatic N) is 3. The molecular weight excluding hydrogens is 208 g/mol. The van der Waals surface area contributed by atoms with Gasteiger partial charge in [-0.25, -0.2) is 4.98 Å². The van der Waals surface area contributed by atoms with Crippen molar-refractivity contribution >= 4 is 33.0 Å². The summed E-state index contributed by atoms with van der Waals surface area (Å²) in [6.07, 6.45) is 1.70. The van der Waals surface area contributed by atoms with Gasteiger partial charge in [0.2, 0.25) is 0 Å². The normalized spacial score (nSPS) is 10.6. The van der Waals surface area contributed by atoms with Crippen LogP contribution in [0.25, 0.3) is 11.0 Å². The molecule has 2 N–H and O–H groups in total. The third-order valence-corrected chi connectivity index (χ3v) is 1.93. The first-order chi connectivity index (χ1) is 5.29. The van der Waals surface area contributed by atoms with Crippen molar-refractivity contribution in [2.75, 3.05) is 5.73 Å². The zero-order valence-electron chi connectivity index (χ0n) is 5.53. The zero-order chi connectivity index (χ0) is 7.84. The quantitative estimate of drug-likeness (QED) is 0.714. The summed E-state index contributed by atoms with van der Waals surface area (Å²) in [5.74, 6) is 0.491. The van der Waals surface area contributed by atoms with Gasteiger partial charge in [0.15, 0.2) is 11.5 Å². The number of fused-ring (bicyclic) bond motifs is 1. The molecule has 56 valence electrons. The highest BCUT2D eigenvalue weighted by Gasteiger charge is 2.04. The number of hydrogen-bond acceptors (Lipinski definition) is 3. The maximum absolute atomic E-state index is 5.58. The molecule has 0 saturated carbocycles. The van der Waals surface area contributed by atoms with E-state index in [0.717, 1.165) is 11.0 Å². The monoisotopic (exact) mass is 212 g/mol. The molecule has 0 aliphatic carbocycles. The Morgan fingerprint density at radius 3 is 3.09 bits per heavy atom. The van der Waals surface area contributed by atoms with Gasteiger partial charge in [0.05, 0.1) is 21.5 Å². The van der Waals surface area contributed by atoms with Crippen molar-refractivity contribution in [3.63, 3.8) is 0 Å². The number of anilines is 1.